The van der Waals surface area contributed by atoms with E-state index in [-0.39, 0.29) is 18.1 Å². The first-order chi connectivity index (χ1) is 10.0. The van der Waals surface area contributed by atoms with Gasteiger partial charge >= 0.3 is 6.61 Å². The summed E-state index contributed by atoms with van der Waals surface area (Å²) >= 11 is 3.34. The SMILES string of the molecule is O=C(Cc1ccc(OC(F)F)cc1)Nc1ccccc1Br. The first-order valence-electron chi connectivity index (χ1n) is 6.13. The van der Waals surface area contributed by atoms with Crippen LogP contribution in [0.2, 0.25) is 0 Å². The number of amides is 1. The number of nitrogens with one attached hydrogen (secondary N) is 1. The fourth-order valence-corrected chi connectivity index (χ4v) is 2.12. The van der Waals surface area contributed by atoms with Crippen molar-refractivity contribution in [2.75, 3.05) is 5.32 Å². The molecular formula is C15H12BrF2NO2. The van der Waals surface area contributed by atoms with Gasteiger partial charge in [0, 0.05) is 4.47 Å². The second-order valence-corrected chi connectivity index (χ2v) is 5.08. The first kappa shape index (κ1) is 15.4. The Morgan fingerprint density at radius 3 is 2.43 bits per heavy atom. The highest BCUT2D eigenvalue weighted by molar-refractivity contribution is 9.10. The lowest BCUT2D eigenvalue weighted by atomic mass is 10.1. The number of carbonyl (C=O) groups excluding carboxylic acids is 1. The van der Waals surface area contributed by atoms with Crippen LogP contribution in [0.1, 0.15) is 5.56 Å². The van der Waals surface area contributed by atoms with Crippen molar-refractivity contribution in [1.29, 1.82) is 0 Å². The summed E-state index contributed by atoms with van der Waals surface area (Å²) in [6, 6.07) is 13.3. The second-order valence-electron chi connectivity index (χ2n) is 4.23. The third-order valence-corrected chi connectivity index (χ3v) is 3.35. The summed E-state index contributed by atoms with van der Waals surface area (Å²) in [5.41, 5.74) is 1.39. The Kier molecular flexibility index (Phi) is 5.27. The highest BCUT2D eigenvalue weighted by atomic mass is 79.9. The van der Waals surface area contributed by atoms with Crippen LogP contribution < -0.4 is 10.1 Å². The Balaban J connectivity index is 1.95. The van der Waals surface area contributed by atoms with E-state index in [0.29, 0.717) is 11.3 Å². The monoisotopic (exact) mass is 355 g/mol. The standard InChI is InChI=1S/C15H12BrF2NO2/c16-12-3-1-2-4-13(12)19-14(20)9-10-5-7-11(8-6-10)21-15(17)18/h1-8,15H,9H2,(H,19,20). The van der Waals surface area contributed by atoms with E-state index in [1.54, 1.807) is 18.2 Å². The molecule has 1 amide bonds. The predicted molar refractivity (Wildman–Crippen MR) is 79.5 cm³/mol. The minimum atomic E-state index is -2.85. The fourth-order valence-electron chi connectivity index (χ4n) is 1.73. The number of alkyl halides is 2. The molecular weight excluding hydrogens is 344 g/mol. The lowest BCUT2D eigenvalue weighted by Gasteiger charge is -2.08. The lowest BCUT2D eigenvalue weighted by molar-refractivity contribution is -0.115. The molecule has 0 saturated heterocycles. The number of anilines is 1. The summed E-state index contributed by atoms with van der Waals surface area (Å²) < 4.78 is 29.1. The van der Waals surface area contributed by atoms with E-state index in [1.165, 1.54) is 12.1 Å². The number of hydrogen-bond donors (Lipinski definition) is 1. The number of hydrogen-bond acceptors (Lipinski definition) is 2. The quantitative estimate of drug-likeness (QED) is 0.871. The van der Waals surface area contributed by atoms with Gasteiger partial charge in [-0.05, 0) is 45.8 Å². The molecule has 0 heterocycles. The van der Waals surface area contributed by atoms with Gasteiger partial charge in [-0.15, -0.1) is 0 Å². The van der Waals surface area contributed by atoms with Crippen LogP contribution >= 0.6 is 15.9 Å². The summed E-state index contributed by atoms with van der Waals surface area (Å²) in [5.74, 6) is -0.121. The van der Waals surface area contributed by atoms with Crippen LogP contribution in [0.25, 0.3) is 0 Å². The van der Waals surface area contributed by atoms with Crippen molar-refractivity contribution < 1.29 is 18.3 Å². The van der Waals surface area contributed by atoms with Crippen LogP contribution in [-0.2, 0) is 11.2 Å². The molecule has 6 heteroatoms. The van der Waals surface area contributed by atoms with Gasteiger partial charge in [-0.2, -0.15) is 8.78 Å². The summed E-state index contributed by atoms with van der Waals surface area (Å²) in [6.45, 7) is -2.85. The molecule has 0 aliphatic rings. The molecule has 0 unspecified atom stereocenters. The van der Waals surface area contributed by atoms with Gasteiger partial charge in [0.15, 0.2) is 0 Å². The third-order valence-electron chi connectivity index (χ3n) is 2.66. The van der Waals surface area contributed by atoms with Crippen LogP contribution in [-0.4, -0.2) is 12.5 Å². The largest absolute Gasteiger partial charge is 0.435 e. The van der Waals surface area contributed by atoms with E-state index in [9.17, 15) is 13.6 Å². The minimum Gasteiger partial charge on any atom is -0.435 e. The maximum absolute atomic E-state index is 12.0. The molecule has 2 rings (SSSR count). The normalized spacial score (nSPS) is 10.5. The zero-order chi connectivity index (χ0) is 15.2. The van der Waals surface area contributed by atoms with Gasteiger partial charge in [-0.25, -0.2) is 0 Å². The summed E-state index contributed by atoms with van der Waals surface area (Å²) in [4.78, 5) is 11.9. The Morgan fingerprint density at radius 1 is 1.14 bits per heavy atom. The number of benzene rings is 2. The smallest absolute Gasteiger partial charge is 0.387 e. The zero-order valence-electron chi connectivity index (χ0n) is 10.9. The molecule has 110 valence electrons. The molecule has 21 heavy (non-hydrogen) atoms. The first-order valence-corrected chi connectivity index (χ1v) is 6.92. The van der Waals surface area contributed by atoms with E-state index in [2.05, 4.69) is 26.0 Å². The topological polar surface area (TPSA) is 38.3 Å². The van der Waals surface area contributed by atoms with Gasteiger partial charge < -0.3 is 10.1 Å². The van der Waals surface area contributed by atoms with Crippen molar-refractivity contribution in [2.45, 2.75) is 13.0 Å². The fraction of sp³-hybridized carbons (Fsp3) is 0.133. The average molecular weight is 356 g/mol. The summed E-state index contributed by atoms with van der Waals surface area (Å²) in [5, 5.41) is 2.77. The molecule has 0 fully saturated rings. The van der Waals surface area contributed by atoms with Gasteiger partial charge in [0.25, 0.3) is 0 Å². The molecule has 1 N–H and O–H groups in total. The van der Waals surface area contributed by atoms with Crippen LogP contribution in [0.4, 0.5) is 14.5 Å². The van der Waals surface area contributed by atoms with Gasteiger partial charge in [-0.1, -0.05) is 24.3 Å². The van der Waals surface area contributed by atoms with Crippen molar-refractivity contribution in [1.82, 2.24) is 0 Å². The van der Waals surface area contributed by atoms with E-state index < -0.39 is 6.61 Å². The minimum absolute atomic E-state index is 0.0694. The Morgan fingerprint density at radius 2 is 1.81 bits per heavy atom. The molecule has 2 aromatic rings. The predicted octanol–water partition coefficient (Wildman–Crippen LogP) is 4.23. The molecule has 0 aliphatic carbocycles. The molecule has 3 nitrogen and oxygen atoms in total. The van der Waals surface area contributed by atoms with Crippen molar-refractivity contribution in [3.63, 3.8) is 0 Å². The maximum atomic E-state index is 12.0. The Bertz CT molecular complexity index is 617. The molecule has 0 bridgehead atoms. The van der Waals surface area contributed by atoms with Crippen molar-refractivity contribution in [3.8, 4) is 5.75 Å². The second kappa shape index (κ2) is 7.17. The van der Waals surface area contributed by atoms with Gasteiger partial charge in [0.05, 0.1) is 12.1 Å². The van der Waals surface area contributed by atoms with Gasteiger partial charge in [0.2, 0.25) is 5.91 Å². The van der Waals surface area contributed by atoms with E-state index in [4.69, 9.17) is 0 Å². The maximum Gasteiger partial charge on any atom is 0.387 e. The lowest BCUT2D eigenvalue weighted by Crippen LogP contribution is -2.14. The zero-order valence-corrected chi connectivity index (χ0v) is 12.4. The van der Waals surface area contributed by atoms with Crippen LogP contribution in [0.3, 0.4) is 0 Å². The number of ether oxygens (including phenoxy) is 1. The van der Waals surface area contributed by atoms with Gasteiger partial charge in [-0.3, -0.25) is 4.79 Å². The molecule has 0 atom stereocenters. The number of carbonyl (C=O) groups is 1. The van der Waals surface area contributed by atoms with Crippen molar-refractivity contribution in [2.24, 2.45) is 0 Å². The number of rotatable bonds is 5. The molecule has 2 aromatic carbocycles. The van der Waals surface area contributed by atoms with E-state index >= 15 is 0 Å². The van der Waals surface area contributed by atoms with Crippen LogP contribution in [0.5, 0.6) is 5.75 Å². The highest BCUT2D eigenvalue weighted by Gasteiger charge is 2.08. The highest BCUT2D eigenvalue weighted by Crippen LogP contribution is 2.21. The van der Waals surface area contributed by atoms with Gasteiger partial charge in [0.1, 0.15) is 5.75 Å². The van der Waals surface area contributed by atoms with Crippen molar-refractivity contribution in [3.05, 3.63) is 58.6 Å². The molecule has 0 radical (unpaired) electrons. The summed E-state index contributed by atoms with van der Waals surface area (Å²) in [7, 11) is 0. The third kappa shape index (κ3) is 4.82. The van der Waals surface area contributed by atoms with Crippen LogP contribution in [0, 0.1) is 0 Å². The number of para-hydroxylation sites is 1. The Labute approximate surface area is 129 Å². The Hall–Kier alpha value is -1.95. The molecule has 0 spiro atoms. The molecule has 0 aromatic heterocycles. The van der Waals surface area contributed by atoms with E-state index in [0.717, 1.165) is 4.47 Å². The number of halogens is 3. The molecule has 0 aliphatic heterocycles. The summed E-state index contributed by atoms with van der Waals surface area (Å²) in [6.07, 6.45) is 0.149. The van der Waals surface area contributed by atoms with Crippen molar-refractivity contribution >= 4 is 27.5 Å². The van der Waals surface area contributed by atoms with E-state index in [1.807, 2.05) is 18.2 Å². The molecule has 0 saturated carbocycles. The van der Waals surface area contributed by atoms with Crippen LogP contribution in [0.15, 0.2) is 53.0 Å². The average Bonchev–Trinajstić information content (AvgIpc) is 2.43.